The normalized spacial score (nSPS) is 14.5. The second-order valence-corrected chi connectivity index (χ2v) is 11.1. The standard InChI is InChI=1S/C27H30ClN3O3S/c1-20-10-13-24(18-26(20)28)31(35(33,34)25-8-4-3-5-9-25)19-27(32)29-21(2)22-11-14-23(15-12-22)30-16-6-7-17-30/h3-5,8-15,18,21H,6-7,16-17,19H2,1-2H3,(H,29,32). The van der Waals surface area contributed by atoms with Gasteiger partial charge in [-0.25, -0.2) is 8.42 Å². The van der Waals surface area contributed by atoms with Crippen molar-refractivity contribution in [3.63, 3.8) is 0 Å². The Labute approximate surface area is 212 Å². The molecule has 4 rings (SSSR count). The highest BCUT2D eigenvalue weighted by Crippen LogP contribution is 2.28. The maximum atomic E-state index is 13.5. The summed E-state index contributed by atoms with van der Waals surface area (Å²) in [6.07, 6.45) is 2.42. The third kappa shape index (κ3) is 5.80. The fourth-order valence-electron chi connectivity index (χ4n) is 4.22. The molecule has 0 spiro atoms. The number of nitrogens with one attached hydrogen (secondary N) is 1. The number of carbonyl (C=O) groups is 1. The van der Waals surface area contributed by atoms with Crippen LogP contribution in [0.2, 0.25) is 5.02 Å². The lowest BCUT2D eigenvalue weighted by atomic mass is 10.1. The Bertz CT molecular complexity index is 1270. The van der Waals surface area contributed by atoms with E-state index < -0.39 is 15.9 Å². The molecule has 184 valence electrons. The zero-order valence-electron chi connectivity index (χ0n) is 19.9. The van der Waals surface area contributed by atoms with Crippen LogP contribution in [0.3, 0.4) is 0 Å². The van der Waals surface area contributed by atoms with Crippen molar-refractivity contribution in [2.45, 2.75) is 37.6 Å². The Morgan fingerprint density at radius 3 is 2.31 bits per heavy atom. The van der Waals surface area contributed by atoms with Crippen LogP contribution in [0.4, 0.5) is 11.4 Å². The zero-order valence-corrected chi connectivity index (χ0v) is 21.5. The lowest BCUT2D eigenvalue weighted by Gasteiger charge is -2.25. The van der Waals surface area contributed by atoms with Crippen LogP contribution in [0, 0.1) is 6.92 Å². The Morgan fingerprint density at radius 1 is 1.03 bits per heavy atom. The van der Waals surface area contributed by atoms with E-state index in [-0.39, 0.29) is 17.5 Å². The van der Waals surface area contributed by atoms with Crippen LogP contribution in [0.5, 0.6) is 0 Å². The first-order valence-corrected chi connectivity index (χ1v) is 13.6. The molecule has 0 saturated carbocycles. The van der Waals surface area contributed by atoms with E-state index >= 15 is 0 Å². The lowest BCUT2D eigenvalue weighted by molar-refractivity contribution is -0.120. The van der Waals surface area contributed by atoms with Crippen molar-refractivity contribution in [1.29, 1.82) is 0 Å². The van der Waals surface area contributed by atoms with Gasteiger partial charge in [-0.1, -0.05) is 48.0 Å². The summed E-state index contributed by atoms with van der Waals surface area (Å²) >= 11 is 6.29. The molecule has 1 aliphatic rings. The van der Waals surface area contributed by atoms with Crippen molar-refractivity contribution in [2.24, 2.45) is 0 Å². The number of carbonyl (C=O) groups excluding carboxylic acids is 1. The van der Waals surface area contributed by atoms with Crippen LogP contribution in [0.25, 0.3) is 0 Å². The number of sulfonamides is 1. The number of halogens is 1. The molecule has 1 fully saturated rings. The van der Waals surface area contributed by atoms with E-state index in [9.17, 15) is 13.2 Å². The minimum absolute atomic E-state index is 0.107. The van der Waals surface area contributed by atoms with Gasteiger partial charge in [0.25, 0.3) is 10.0 Å². The van der Waals surface area contributed by atoms with Gasteiger partial charge in [0.2, 0.25) is 5.91 Å². The van der Waals surface area contributed by atoms with Crippen molar-refractivity contribution < 1.29 is 13.2 Å². The van der Waals surface area contributed by atoms with Crippen molar-refractivity contribution >= 4 is 38.9 Å². The van der Waals surface area contributed by atoms with E-state index in [4.69, 9.17) is 11.6 Å². The van der Waals surface area contributed by atoms with Crippen LogP contribution < -0.4 is 14.5 Å². The van der Waals surface area contributed by atoms with Gasteiger partial charge in [0, 0.05) is 23.8 Å². The Balaban J connectivity index is 1.53. The van der Waals surface area contributed by atoms with Crippen molar-refractivity contribution in [3.8, 4) is 0 Å². The second kappa shape index (κ2) is 10.7. The Hall–Kier alpha value is -3.03. The van der Waals surface area contributed by atoms with E-state index in [1.165, 1.54) is 30.7 Å². The third-order valence-corrected chi connectivity index (χ3v) is 8.50. The molecule has 1 amide bonds. The second-order valence-electron chi connectivity index (χ2n) is 8.83. The highest BCUT2D eigenvalue weighted by atomic mass is 35.5. The number of amides is 1. The van der Waals surface area contributed by atoms with Gasteiger partial charge in [0.05, 0.1) is 16.6 Å². The smallest absolute Gasteiger partial charge is 0.264 e. The molecule has 0 aromatic heterocycles. The first-order chi connectivity index (χ1) is 16.8. The molecule has 3 aromatic rings. The maximum Gasteiger partial charge on any atom is 0.264 e. The highest BCUT2D eigenvalue weighted by molar-refractivity contribution is 7.92. The first kappa shape index (κ1) is 25.1. The van der Waals surface area contributed by atoms with E-state index in [1.807, 2.05) is 26.0 Å². The molecule has 1 atom stereocenters. The molecule has 1 N–H and O–H groups in total. The molecule has 6 nitrogen and oxygen atoms in total. The number of hydrogen-bond donors (Lipinski definition) is 1. The zero-order chi connectivity index (χ0) is 25.0. The quantitative estimate of drug-likeness (QED) is 0.444. The Morgan fingerprint density at radius 2 is 1.69 bits per heavy atom. The van der Waals surface area contributed by atoms with Crippen LogP contribution in [0.15, 0.2) is 77.7 Å². The lowest BCUT2D eigenvalue weighted by Crippen LogP contribution is -2.41. The van der Waals surface area contributed by atoms with Crippen molar-refractivity contribution in [2.75, 3.05) is 28.8 Å². The molecule has 8 heteroatoms. The highest BCUT2D eigenvalue weighted by Gasteiger charge is 2.28. The van der Waals surface area contributed by atoms with E-state index in [0.29, 0.717) is 10.7 Å². The molecule has 1 heterocycles. The maximum absolute atomic E-state index is 13.5. The van der Waals surface area contributed by atoms with Gasteiger partial charge in [-0.3, -0.25) is 9.10 Å². The summed E-state index contributed by atoms with van der Waals surface area (Å²) < 4.78 is 28.1. The number of benzene rings is 3. The summed E-state index contributed by atoms with van der Waals surface area (Å²) in [6.45, 7) is 5.50. The van der Waals surface area contributed by atoms with Crippen LogP contribution >= 0.6 is 11.6 Å². The summed E-state index contributed by atoms with van der Waals surface area (Å²) in [5.74, 6) is -0.405. The Kier molecular flexibility index (Phi) is 7.67. The molecule has 0 bridgehead atoms. The van der Waals surface area contributed by atoms with Crippen LogP contribution in [0.1, 0.15) is 36.9 Å². The summed E-state index contributed by atoms with van der Waals surface area (Å²) in [5.41, 5.74) is 3.29. The van der Waals surface area contributed by atoms with E-state index in [2.05, 4.69) is 22.3 Å². The molecule has 1 saturated heterocycles. The van der Waals surface area contributed by atoms with E-state index in [1.54, 1.807) is 36.4 Å². The van der Waals surface area contributed by atoms with Crippen LogP contribution in [-0.4, -0.2) is 34.0 Å². The van der Waals surface area contributed by atoms with Gasteiger partial charge in [-0.2, -0.15) is 0 Å². The number of aryl methyl sites for hydroxylation is 1. The summed E-state index contributed by atoms with van der Waals surface area (Å²) in [5, 5.41) is 3.38. The van der Waals surface area contributed by atoms with Gasteiger partial charge in [-0.05, 0) is 74.2 Å². The minimum atomic E-state index is -3.99. The molecular weight excluding hydrogens is 482 g/mol. The molecule has 0 radical (unpaired) electrons. The largest absolute Gasteiger partial charge is 0.372 e. The minimum Gasteiger partial charge on any atom is -0.372 e. The van der Waals surface area contributed by atoms with Gasteiger partial charge in [0.1, 0.15) is 6.54 Å². The van der Waals surface area contributed by atoms with Gasteiger partial charge in [0.15, 0.2) is 0 Å². The van der Waals surface area contributed by atoms with Gasteiger partial charge < -0.3 is 10.2 Å². The predicted molar refractivity (Wildman–Crippen MR) is 142 cm³/mol. The number of anilines is 2. The van der Waals surface area contributed by atoms with Gasteiger partial charge >= 0.3 is 0 Å². The first-order valence-electron chi connectivity index (χ1n) is 11.7. The predicted octanol–water partition coefficient (Wildman–Crippen LogP) is 5.32. The average Bonchev–Trinajstić information content (AvgIpc) is 3.40. The fourth-order valence-corrected chi connectivity index (χ4v) is 5.83. The molecule has 1 unspecified atom stereocenters. The molecule has 3 aromatic carbocycles. The summed E-state index contributed by atoms with van der Waals surface area (Å²) in [7, 11) is -3.99. The molecular formula is C27H30ClN3O3S. The number of rotatable bonds is 8. The third-order valence-electron chi connectivity index (χ3n) is 6.30. The average molecular weight is 512 g/mol. The van der Waals surface area contributed by atoms with Gasteiger partial charge in [-0.15, -0.1) is 0 Å². The molecule has 1 aliphatic heterocycles. The monoisotopic (exact) mass is 511 g/mol. The topological polar surface area (TPSA) is 69.7 Å². The summed E-state index contributed by atoms with van der Waals surface area (Å²) in [4.78, 5) is 15.5. The number of hydrogen-bond acceptors (Lipinski definition) is 4. The summed E-state index contributed by atoms with van der Waals surface area (Å²) in [6, 6.07) is 21.0. The molecule has 0 aliphatic carbocycles. The van der Waals surface area contributed by atoms with Crippen LogP contribution in [-0.2, 0) is 14.8 Å². The molecule has 35 heavy (non-hydrogen) atoms. The van der Waals surface area contributed by atoms with E-state index in [0.717, 1.165) is 28.5 Å². The SMILES string of the molecule is Cc1ccc(N(CC(=O)NC(C)c2ccc(N3CCCC3)cc2)S(=O)(=O)c2ccccc2)cc1Cl. The van der Waals surface area contributed by atoms with Crippen molar-refractivity contribution in [1.82, 2.24) is 5.32 Å². The van der Waals surface area contributed by atoms with Crippen molar-refractivity contribution in [3.05, 3.63) is 88.9 Å². The fraction of sp³-hybridized carbons (Fsp3) is 0.296. The number of nitrogens with zero attached hydrogens (tertiary/aromatic N) is 2.